The van der Waals surface area contributed by atoms with Crippen molar-refractivity contribution in [3.05, 3.63) is 59.1 Å². The first-order chi connectivity index (χ1) is 12.5. The van der Waals surface area contributed by atoms with Gasteiger partial charge in [0.2, 0.25) is 5.91 Å². The number of nitrogens with zero attached hydrogens (tertiary/aromatic N) is 1. The minimum atomic E-state index is -1.02. The average Bonchev–Trinajstić information content (AvgIpc) is 2.62. The molecule has 2 rings (SSSR count). The molecular formula is C19H20ClNO4S. The summed E-state index contributed by atoms with van der Waals surface area (Å²) in [7, 11) is 1.76. The number of hydrogen-bond acceptors (Lipinski definition) is 4. The Hall–Kier alpha value is -2.18. The number of aliphatic carboxylic acids is 1. The molecule has 2 aromatic carbocycles. The largest absolute Gasteiger partial charge is 0.482 e. The number of ether oxygens (including phenoxy) is 1. The van der Waals surface area contributed by atoms with Crippen LogP contribution in [0.1, 0.15) is 12.0 Å². The zero-order valence-corrected chi connectivity index (χ0v) is 15.9. The average molecular weight is 394 g/mol. The Kier molecular flexibility index (Phi) is 7.81. The van der Waals surface area contributed by atoms with Gasteiger partial charge < -0.3 is 14.7 Å². The molecule has 1 amide bonds. The van der Waals surface area contributed by atoms with E-state index in [2.05, 4.69) is 0 Å². The van der Waals surface area contributed by atoms with E-state index in [0.29, 0.717) is 29.5 Å². The van der Waals surface area contributed by atoms with Crippen LogP contribution in [0.25, 0.3) is 0 Å². The van der Waals surface area contributed by atoms with Crippen molar-refractivity contribution in [1.29, 1.82) is 0 Å². The van der Waals surface area contributed by atoms with E-state index in [0.717, 1.165) is 10.5 Å². The Balaban J connectivity index is 1.77. The molecule has 0 fully saturated rings. The molecule has 138 valence electrons. The lowest BCUT2D eigenvalue weighted by atomic mass is 10.2. The van der Waals surface area contributed by atoms with Crippen LogP contribution in [0.4, 0.5) is 0 Å². The van der Waals surface area contributed by atoms with E-state index < -0.39 is 5.97 Å². The fraction of sp³-hybridized carbons (Fsp3) is 0.263. The molecule has 26 heavy (non-hydrogen) atoms. The van der Waals surface area contributed by atoms with Crippen molar-refractivity contribution in [2.24, 2.45) is 0 Å². The van der Waals surface area contributed by atoms with Gasteiger partial charge in [-0.15, -0.1) is 11.8 Å². The van der Waals surface area contributed by atoms with Gasteiger partial charge in [-0.1, -0.05) is 35.9 Å². The van der Waals surface area contributed by atoms with Crippen LogP contribution in [0, 0.1) is 0 Å². The topological polar surface area (TPSA) is 66.8 Å². The van der Waals surface area contributed by atoms with Crippen LogP contribution >= 0.6 is 23.4 Å². The third-order valence-corrected chi connectivity index (χ3v) is 5.06. The molecule has 1 N–H and O–H groups in total. The number of rotatable bonds is 9. The highest BCUT2D eigenvalue weighted by atomic mass is 35.5. The highest BCUT2D eigenvalue weighted by Gasteiger charge is 2.10. The van der Waals surface area contributed by atoms with Crippen molar-refractivity contribution >= 4 is 35.2 Å². The summed E-state index contributed by atoms with van der Waals surface area (Å²) in [6.45, 7) is 0.107. The first kappa shape index (κ1) is 20.1. The SMILES string of the molecule is CN(Cc1ccc(OCC(=O)O)cc1)C(=O)CCSc1ccccc1Cl. The number of carboxylic acid groups (broad SMARTS) is 1. The Morgan fingerprint density at radius 3 is 2.50 bits per heavy atom. The van der Waals surface area contributed by atoms with Crippen LogP contribution in [-0.2, 0) is 16.1 Å². The van der Waals surface area contributed by atoms with Gasteiger partial charge in [0.15, 0.2) is 6.61 Å². The molecule has 0 heterocycles. The van der Waals surface area contributed by atoms with Crippen LogP contribution in [0.5, 0.6) is 5.75 Å². The van der Waals surface area contributed by atoms with E-state index in [1.165, 1.54) is 0 Å². The van der Waals surface area contributed by atoms with Crippen LogP contribution in [0.15, 0.2) is 53.4 Å². The molecule has 0 unspecified atom stereocenters. The summed E-state index contributed by atoms with van der Waals surface area (Å²) >= 11 is 7.67. The second kappa shape index (κ2) is 10.1. The molecule has 0 spiro atoms. The van der Waals surface area contributed by atoms with E-state index in [4.69, 9.17) is 21.4 Å². The van der Waals surface area contributed by atoms with Gasteiger partial charge >= 0.3 is 5.97 Å². The summed E-state index contributed by atoms with van der Waals surface area (Å²) in [6, 6.07) is 14.6. The summed E-state index contributed by atoms with van der Waals surface area (Å²) in [5.41, 5.74) is 0.947. The molecule has 0 radical (unpaired) electrons. The summed E-state index contributed by atoms with van der Waals surface area (Å²) in [5, 5.41) is 9.29. The number of benzene rings is 2. The molecule has 0 atom stereocenters. The molecule has 0 bridgehead atoms. The minimum absolute atomic E-state index is 0.0516. The maximum absolute atomic E-state index is 12.3. The fourth-order valence-electron chi connectivity index (χ4n) is 2.20. The zero-order chi connectivity index (χ0) is 18.9. The third-order valence-electron chi connectivity index (χ3n) is 3.54. The number of carbonyl (C=O) groups is 2. The maximum Gasteiger partial charge on any atom is 0.341 e. The summed E-state index contributed by atoms with van der Waals surface area (Å²) in [4.78, 5) is 25.4. The Bertz CT molecular complexity index is 751. The lowest BCUT2D eigenvalue weighted by Crippen LogP contribution is -2.26. The van der Waals surface area contributed by atoms with E-state index in [1.807, 2.05) is 36.4 Å². The van der Waals surface area contributed by atoms with Gasteiger partial charge in [0.1, 0.15) is 5.75 Å². The number of hydrogen-bond donors (Lipinski definition) is 1. The van der Waals surface area contributed by atoms with Gasteiger partial charge in [-0.05, 0) is 29.8 Å². The highest BCUT2D eigenvalue weighted by molar-refractivity contribution is 7.99. The smallest absolute Gasteiger partial charge is 0.341 e. The predicted molar refractivity (Wildman–Crippen MR) is 103 cm³/mol. The van der Waals surface area contributed by atoms with Gasteiger partial charge in [0, 0.05) is 30.7 Å². The fourth-order valence-corrected chi connectivity index (χ4v) is 3.38. The number of thioether (sulfide) groups is 1. The van der Waals surface area contributed by atoms with Crippen molar-refractivity contribution in [2.45, 2.75) is 17.9 Å². The first-order valence-corrected chi connectivity index (χ1v) is 9.37. The molecule has 0 aromatic heterocycles. The van der Waals surface area contributed by atoms with Crippen LogP contribution in [0.3, 0.4) is 0 Å². The molecule has 0 saturated carbocycles. The van der Waals surface area contributed by atoms with Crippen molar-refractivity contribution in [2.75, 3.05) is 19.4 Å². The Labute approximate surface area is 161 Å². The second-order valence-electron chi connectivity index (χ2n) is 5.61. The maximum atomic E-state index is 12.3. The van der Waals surface area contributed by atoms with Crippen molar-refractivity contribution in [1.82, 2.24) is 4.90 Å². The first-order valence-electron chi connectivity index (χ1n) is 8.00. The van der Waals surface area contributed by atoms with E-state index >= 15 is 0 Å². The van der Waals surface area contributed by atoms with Crippen LogP contribution < -0.4 is 4.74 Å². The Morgan fingerprint density at radius 1 is 1.15 bits per heavy atom. The van der Waals surface area contributed by atoms with E-state index in [1.54, 1.807) is 35.8 Å². The summed E-state index contributed by atoms with van der Waals surface area (Å²) in [6.07, 6.45) is 0.423. The van der Waals surface area contributed by atoms with Gasteiger partial charge in [0.25, 0.3) is 0 Å². The summed E-state index contributed by atoms with van der Waals surface area (Å²) < 4.78 is 5.09. The monoisotopic (exact) mass is 393 g/mol. The van der Waals surface area contributed by atoms with Crippen molar-refractivity contribution < 1.29 is 19.4 Å². The quantitative estimate of drug-likeness (QED) is 0.653. The van der Waals surface area contributed by atoms with E-state index in [9.17, 15) is 9.59 Å². The van der Waals surface area contributed by atoms with Gasteiger partial charge in [-0.3, -0.25) is 4.79 Å². The molecule has 7 heteroatoms. The molecule has 0 aliphatic heterocycles. The standard InChI is InChI=1S/C19H20ClNO4S/c1-21(12-14-6-8-15(9-7-14)25-13-19(23)24)18(22)10-11-26-17-5-3-2-4-16(17)20/h2-9H,10-13H2,1H3,(H,23,24). The lowest BCUT2D eigenvalue weighted by Gasteiger charge is -2.17. The molecule has 5 nitrogen and oxygen atoms in total. The molecule has 0 saturated heterocycles. The van der Waals surface area contributed by atoms with Crippen molar-refractivity contribution in [3.8, 4) is 5.75 Å². The zero-order valence-electron chi connectivity index (χ0n) is 14.4. The normalized spacial score (nSPS) is 10.4. The number of amides is 1. The second-order valence-corrected chi connectivity index (χ2v) is 7.15. The van der Waals surface area contributed by atoms with Gasteiger partial charge in [0.05, 0.1) is 5.02 Å². The van der Waals surface area contributed by atoms with Crippen LogP contribution in [0.2, 0.25) is 5.02 Å². The molecular weight excluding hydrogens is 374 g/mol. The minimum Gasteiger partial charge on any atom is -0.482 e. The predicted octanol–water partition coefficient (Wildman–Crippen LogP) is 3.94. The summed E-state index contributed by atoms with van der Waals surface area (Å²) in [5.74, 6) is 0.181. The van der Waals surface area contributed by atoms with Gasteiger partial charge in [-0.2, -0.15) is 0 Å². The van der Waals surface area contributed by atoms with Crippen LogP contribution in [-0.4, -0.2) is 41.3 Å². The lowest BCUT2D eigenvalue weighted by molar-refractivity contribution is -0.139. The molecule has 0 aliphatic carbocycles. The number of halogens is 1. The third kappa shape index (κ3) is 6.61. The number of carboxylic acids is 1. The highest BCUT2D eigenvalue weighted by Crippen LogP contribution is 2.27. The number of carbonyl (C=O) groups excluding carboxylic acids is 1. The Morgan fingerprint density at radius 2 is 1.85 bits per heavy atom. The van der Waals surface area contributed by atoms with Gasteiger partial charge in [-0.25, -0.2) is 4.79 Å². The van der Waals surface area contributed by atoms with Crippen molar-refractivity contribution in [3.63, 3.8) is 0 Å². The molecule has 2 aromatic rings. The molecule has 0 aliphatic rings. The van der Waals surface area contributed by atoms with E-state index in [-0.39, 0.29) is 12.5 Å².